The van der Waals surface area contributed by atoms with Crippen LogP contribution in [0, 0.1) is 18.2 Å². The molecule has 1 atom stereocenters. The number of amides is 1. The van der Waals surface area contributed by atoms with Gasteiger partial charge >= 0.3 is 5.97 Å². The molecule has 2 aromatic rings. The molecule has 8 nitrogen and oxygen atoms in total. The minimum atomic E-state index is -1.13. The highest BCUT2D eigenvalue weighted by atomic mass is 35.5. The summed E-state index contributed by atoms with van der Waals surface area (Å²) in [6.45, 7) is 1.99. The predicted octanol–water partition coefficient (Wildman–Crippen LogP) is 1.93. The molecule has 0 radical (unpaired) electrons. The number of carbonyl (C=O) groups is 2. The maximum Gasteiger partial charge on any atom is 0.313 e. The Bertz CT molecular complexity index is 903. The summed E-state index contributed by atoms with van der Waals surface area (Å²) in [5.74, 6) is -1.97. The number of rotatable bonds is 5. The topological polar surface area (TPSA) is 97.6 Å². The van der Waals surface area contributed by atoms with Gasteiger partial charge in [0.2, 0.25) is 0 Å². The number of likely N-dealkylation sites (tertiary alicyclic amines) is 1. The molecule has 10 heteroatoms. The average molecular weight is 397 g/mol. The summed E-state index contributed by atoms with van der Waals surface area (Å²) in [6, 6.07) is 4.06. The number of methoxy groups -OCH3 is 1. The third-order valence-electron chi connectivity index (χ3n) is 4.76. The van der Waals surface area contributed by atoms with Crippen LogP contribution in [-0.2, 0) is 9.53 Å². The van der Waals surface area contributed by atoms with E-state index in [1.54, 1.807) is 6.92 Å². The summed E-state index contributed by atoms with van der Waals surface area (Å²) < 4.78 is 19.8. The van der Waals surface area contributed by atoms with E-state index >= 15 is 0 Å². The molecule has 1 unspecified atom stereocenters. The van der Waals surface area contributed by atoms with Gasteiger partial charge < -0.3 is 14.7 Å². The number of nitrogens with zero attached hydrogens (tertiary/aromatic N) is 4. The number of hydrogen-bond acceptors (Lipinski definition) is 5. The van der Waals surface area contributed by atoms with Crippen LogP contribution in [-0.4, -0.2) is 63.7 Å². The number of benzene rings is 1. The molecule has 1 saturated heterocycles. The molecule has 27 heavy (non-hydrogen) atoms. The number of aromatic nitrogens is 3. The van der Waals surface area contributed by atoms with Crippen molar-refractivity contribution >= 4 is 23.5 Å². The average Bonchev–Trinajstić information content (AvgIpc) is 3.22. The van der Waals surface area contributed by atoms with Crippen LogP contribution in [0.15, 0.2) is 18.2 Å². The summed E-state index contributed by atoms with van der Waals surface area (Å²) in [7, 11) is 1.43. The molecule has 1 aromatic heterocycles. The fraction of sp³-hybridized carbons (Fsp3) is 0.412. The third-order valence-corrected chi connectivity index (χ3v) is 5.05. The van der Waals surface area contributed by atoms with Gasteiger partial charge in [-0.1, -0.05) is 16.8 Å². The molecule has 0 aliphatic carbocycles. The summed E-state index contributed by atoms with van der Waals surface area (Å²) >= 11 is 5.80. The van der Waals surface area contributed by atoms with Crippen molar-refractivity contribution in [1.29, 1.82) is 0 Å². The Morgan fingerprint density at radius 2 is 2.19 bits per heavy atom. The first-order chi connectivity index (χ1) is 12.8. The monoisotopic (exact) mass is 396 g/mol. The van der Waals surface area contributed by atoms with Crippen LogP contribution in [0.25, 0.3) is 5.69 Å². The van der Waals surface area contributed by atoms with E-state index in [0.717, 1.165) is 0 Å². The van der Waals surface area contributed by atoms with Gasteiger partial charge in [-0.25, -0.2) is 9.07 Å². The first-order valence-corrected chi connectivity index (χ1v) is 8.56. The molecule has 0 bridgehead atoms. The van der Waals surface area contributed by atoms with E-state index in [9.17, 15) is 19.1 Å². The highest BCUT2D eigenvalue weighted by Gasteiger charge is 2.47. The van der Waals surface area contributed by atoms with Gasteiger partial charge in [0, 0.05) is 20.2 Å². The fourth-order valence-electron chi connectivity index (χ4n) is 3.21. The molecule has 3 rings (SSSR count). The quantitative estimate of drug-likeness (QED) is 0.829. The lowest BCUT2D eigenvalue weighted by molar-refractivity contribution is -0.151. The molecular weight excluding hydrogens is 379 g/mol. The third kappa shape index (κ3) is 3.40. The van der Waals surface area contributed by atoms with Crippen molar-refractivity contribution in [3.63, 3.8) is 0 Å². The number of carboxylic acid groups (broad SMARTS) is 1. The van der Waals surface area contributed by atoms with E-state index in [1.165, 1.54) is 34.9 Å². The van der Waals surface area contributed by atoms with Gasteiger partial charge in [0.05, 0.1) is 23.0 Å². The van der Waals surface area contributed by atoms with Gasteiger partial charge in [0.25, 0.3) is 5.91 Å². The molecule has 1 fully saturated rings. The van der Waals surface area contributed by atoms with Crippen molar-refractivity contribution in [2.24, 2.45) is 5.41 Å². The molecule has 0 spiro atoms. The first-order valence-electron chi connectivity index (χ1n) is 8.18. The Morgan fingerprint density at radius 3 is 2.81 bits per heavy atom. The van der Waals surface area contributed by atoms with Gasteiger partial charge in [-0.3, -0.25) is 9.59 Å². The standard InChI is InChI=1S/C17H18ClFN4O4/c1-10-14(20-21-23(10)11-3-4-13(19)12(18)7-11)15(24)22-6-5-17(8-22,9-27-2)16(25)26/h3-4,7H,5-6,8-9H2,1-2H3,(H,25,26). The number of hydrogen-bond donors (Lipinski definition) is 1. The van der Waals surface area contributed by atoms with E-state index in [0.29, 0.717) is 17.8 Å². The number of carbonyl (C=O) groups excluding carboxylic acids is 1. The van der Waals surface area contributed by atoms with Crippen molar-refractivity contribution < 1.29 is 23.8 Å². The van der Waals surface area contributed by atoms with E-state index in [4.69, 9.17) is 16.3 Å². The van der Waals surface area contributed by atoms with E-state index in [1.807, 2.05) is 0 Å². The highest BCUT2D eigenvalue weighted by molar-refractivity contribution is 6.30. The maximum atomic E-state index is 13.4. The molecule has 144 valence electrons. The van der Waals surface area contributed by atoms with Crippen molar-refractivity contribution in [3.05, 3.63) is 40.4 Å². The predicted molar refractivity (Wildman–Crippen MR) is 93.5 cm³/mol. The zero-order valence-corrected chi connectivity index (χ0v) is 15.5. The second kappa shape index (κ2) is 7.24. The molecule has 0 saturated carbocycles. The molecular formula is C17H18ClFN4O4. The van der Waals surface area contributed by atoms with Gasteiger partial charge in [-0.2, -0.15) is 0 Å². The van der Waals surface area contributed by atoms with Crippen molar-refractivity contribution in [1.82, 2.24) is 19.9 Å². The SMILES string of the molecule is COCC1(C(=O)O)CCN(C(=O)c2nnn(-c3ccc(F)c(Cl)c3)c2C)C1. The lowest BCUT2D eigenvalue weighted by atomic mass is 9.88. The smallest absolute Gasteiger partial charge is 0.313 e. The summed E-state index contributed by atoms with van der Waals surface area (Å²) in [5, 5.41) is 17.3. The molecule has 1 aromatic carbocycles. The maximum absolute atomic E-state index is 13.4. The van der Waals surface area contributed by atoms with Gasteiger partial charge in [0.1, 0.15) is 11.2 Å². The zero-order chi connectivity index (χ0) is 19.8. The molecule has 1 N–H and O–H groups in total. The van der Waals surface area contributed by atoms with Crippen molar-refractivity contribution in [2.45, 2.75) is 13.3 Å². The number of aliphatic carboxylic acids is 1. The summed E-state index contributed by atoms with van der Waals surface area (Å²) in [6.07, 6.45) is 0.294. The molecule has 1 amide bonds. The Morgan fingerprint density at radius 1 is 1.44 bits per heavy atom. The Hall–Kier alpha value is -2.52. The molecule has 2 heterocycles. The van der Waals surface area contributed by atoms with Crippen LogP contribution in [0.3, 0.4) is 0 Å². The summed E-state index contributed by atoms with van der Waals surface area (Å²) in [4.78, 5) is 25.9. The molecule has 1 aliphatic heterocycles. The van der Waals surface area contributed by atoms with E-state index in [2.05, 4.69) is 10.3 Å². The van der Waals surface area contributed by atoms with Crippen LogP contribution in [0.5, 0.6) is 0 Å². The highest BCUT2D eigenvalue weighted by Crippen LogP contribution is 2.32. The van der Waals surface area contributed by atoms with Crippen molar-refractivity contribution in [3.8, 4) is 5.69 Å². The van der Waals surface area contributed by atoms with Gasteiger partial charge in [0.15, 0.2) is 5.69 Å². The number of carboxylic acids is 1. The van der Waals surface area contributed by atoms with E-state index in [-0.39, 0.29) is 30.4 Å². The second-order valence-electron chi connectivity index (χ2n) is 6.53. The van der Waals surface area contributed by atoms with Crippen LogP contribution in [0.1, 0.15) is 22.6 Å². The number of ether oxygens (including phenoxy) is 1. The molecule has 1 aliphatic rings. The Balaban J connectivity index is 1.86. The lowest BCUT2D eigenvalue weighted by Gasteiger charge is -2.23. The minimum Gasteiger partial charge on any atom is -0.481 e. The van der Waals surface area contributed by atoms with Gasteiger partial charge in [-0.05, 0) is 31.5 Å². The van der Waals surface area contributed by atoms with Crippen LogP contribution >= 0.6 is 11.6 Å². The Kier molecular flexibility index (Phi) is 5.16. The first kappa shape index (κ1) is 19.2. The van der Waals surface area contributed by atoms with Crippen LogP contribution < -0.4 is 0 Å². The van der Waals surface area contributed by atoms with Crippen molar-refractivity contribution in [2.75, 3.05) is 26.8 Å². The fourth-order valence-corrected chi connectivity index (χ4v) is 3.39. The summed E-state index contributed by atoms with van der Waals surface area (Å²) in [5.41, 5.74) is -0.110. The number of halogens is 2. The lowest BCUT2D eigenvalue weighted by Crippen LogP contribution is -2.40. The normalized spacial score (nSPS) is 19.5. The second-order valence-corrected chi connectivity index (χ2v) is 6.94. The minimum absolute atomic E-state index is 0.0197. The largest absolute Gasteiger partial charge is 0.481 e. The zero-order valence-electron chi connectivity index (χ0n) is 14.8. The van der Waals surface area contributed by atoms with E-state index < -0.39 is 23.1 Å². The van der Waals surface area contributed by atoms with Crippen LogP contribution in [0.4, 0.5) is 4.39 Å². The van der Waals surface area contributed by atoms with Gasteiger partial charge in [-0.15, -0.1) is 5.10 Å². The Labute approximate surface area is 159 Å². The van der Waals surface area contributed by atoms with Crippen LogP contribution in [0.2, 0.25) is 5.02 Å².